The highest BCUT2D eigenvalue weighted by atomic mass is 16.4. The first-order valence-electron chi connectivity index (χ1n) is 6.42. The van der Waals surface area contributed by atoms with Crippen LogP contribution in [-0.2, 0) is 0 Å². The van der Waals surface area contributed by atoms with E-state index in [1.165, 1.54) is 0 Å². The smallest absolute Gasteiger partial charge is 0.133 e. The van der Waals surface area contributed by atoms with Crippen LogP contribution in [0, 0.1) is 0 Å². The number of aliphatic hydroxyl groups is 4. The lowest BCUT2D eigenvalue weighted by Gasteiger charge is -2.25. The van der Waals surface area contributed by atoms with Crippen molar-refractivity contribution in [2.45, 2.75) is 31.3 Å². The van der Waals surface area contributed by atoms with Crippen LogP contribution in [0.1, 0.15) is 6.92 Å². The average Bonchev–Trinajstić information content (AvgIpc) is 2.87. The minimum Gasteiger partial charge on any atom is -0.394 e. The Balaban J connectivity index is 2.07. The van der Waals surface area contributed by atoms with E-state index in [1.54, 1.807) is 19.2 Å². The molecule has 0 bridgehead atoms. The Kier molecular flexibility index (Phi) is 4.66. The number of aliphatic imine (C=N–C) groups is 1. The zero-order valence-electron chi connectivity index (χ0n) is 11.2. The molecule has 2 heterocycles. The molecule has 4 unspecified atom stereocenters. The van der Waals surface area contributed by atoms with Crippen molar-refractivity contribution in [1.82, 2.24) is 4.98 Å². The van der Waals surface area contributed by atoms with Gasteiger partial charge in [0.1, 0.15) is 30.0 Å². The molecule has 20 heavy (non-hydrogen) atoms. The third kappa shape index (κ3) is 2.96. The molecule has 7 heteroatoms. The molecule has 0 aromatic carbocycles. The van der Waals surface area contributed by atoms with Crippen LogP contribution in [0.5, 0.6) is 0 Å². The molecule has 4 N–H and O–H groups in total. The van der Waals surface area contributed by atoms with Crippen molar-refractivity contribution in [2.24, 2.45) is 4.99 Å². The highest BCUT2D eigenvalue weighted by Crippen LogP contribution is 2.21. The standard InChI is InChI=1S/C13H19N3O4/c1-8-15-9(12(19)13(20)10(18)7-17)6-16(8)11-4-2-3-5-14-11/h2-5,9-10,12-13,17-20H,6-7H2,1H3. The summed E-state index contributed by atoms with van der Waals surface area (Å²) in [4.78, 5) is 10.3. The molecular formula is C13H19N3O4. The van der Waals surface area contributed by atoms with E-state index in [0.717, 1.165) is 0 Å². The molecule has 1 aromatic rings. The first-order chi connectivity index (χ1) is 9.54. The van der Waals surface area contributed by atoms with Crippen molar-refractivity contribution in [3.63, 3.8) is 0 Å². The molecule has 0 fully saturated rings. The van der Waals surface area contributed by atoms with Gasteiger partial charge < -0.3 is 25.3 Å². The van der Waals surface area contributed by atoms with E-state index in [0.29, 0.717) is 18.2 Å². The van der Waals surface area contributed by atoms with Crippen molar-refractivity contribution >= 4 is 11.7 Å². The largest absolute Gasteiger partial charge is 0.394 e. The molecule has 1 aromatic heterocycles. The summed E-state index contributed by atoms with van der Waals surface area (Å²) >= 11 is 0. The number of anilines is 1. The zero-order valence-corrected chi connectivity index (χ0v) is 11.2. The highest BCUT2D eigenvalue weighted by molar-refractivity contribution is 5.97. The van der Waals surface area contributed by atoms with Gasteiger partial charge in [-0.2, -0.15) is 0 Å². The molecule has 4 atom stereocenters. The fourth-order valence-corrected chi connectivity index (χ4v) is 2.19. The van der Waals surface area contributed by atoms with Crippen LogP contribution >= 0.6 is 0 Å². The Hall–Kier alpha value is -1.54. The van der Waals surface area contributed by atoms with Crippen molar-refractivity contribution in [3.8, 4) is 0 Å². The van der Waals surface area contributed by atoms with Crippen molar-refractivity contribution in [3.05, 3.63) is 24.4 Å². The summed E-state index contributed by atoms with van der Waals surface area (Å²) in [6.45, 7) is 1.53. The predicted octanol–water partition coefficient (Wildman–Crippen LogP) is -1.24. The number of aromatic nitrogens is 1. The van der Waals surface area contributed by atoms with Gasteiger partial charge in [-0.05, 0) is 19.1 Å². The zero-order chi connectivity index (χ0) is 14.7. The third-order valence-electron chi connectivity index (χ3n) is 3.36. The summed E-state index contributed by atoms with van der Waals surface area (Å²) < 4.78 is 0. The van der Waals surface area contributed by atoms with Gasteiger partial charge in [-0.1, -0.05) is 6.07 Å². The predicted molar refractivity (Wildman–Crippen MR) is 73.6 cm³/mol. The van der Waals surface area contributed by atoms with E-state index in [4.69, 9.17) is 5.11 Å². The van der Waals surface area contributed by atoms with Crippen molar-refractivity contribution in [1.29, 1.82) is 0 Å². The van der Waals surface area contributed by atoms with Gasteiger partial charge in [-0.25, -0.2) is 4.98 Å². The minimum atomic E-state index is -1.44. The highest BCUT2D eigenvalue weighted by Gasteiger charge is 2.36. The molecule has 0 aliphatic carbocycles. The summed E-state index contributed by atoms with van der Waals surface area (Å²) in [7, 11) is 0. The fraction of sp³-hybridized carbons (Fsp3) is 0.538. The molecule has 110 valence electrons. The Morgan fingerprint density at radius 3 is 2.70 bits per heavy atom. The molecule has 0 saturated carbocycles. The topological polar surface area (TPSA) is 109 Å². The van der Waals surface area contributed by atoms with E-state index in [-0.39, 0.29) is 0 Å². The Morgan fingerprint density at radius 2 is 2.10 bits per heavy atom. The molecule has 1 aliphatic rings. The van der Waals surface area contributed by atoms with E-state index < -0.39 is 31.0 Å². The molecule has 0 saturated heterocycles. The first-order valence-corrected chi connectivity index (χ1v) is 6.42. The van der Waals surface area contributed by atoms with Gasteiger partial charge in [0, 0.05) is 6.20 Å². The minimum absolute atomic E-state index is 0.360. The lowest BCUT2D eigenvalue weighted by Crippen LogP contribution is -2.46. The van der Waals surface area contributed by atoms with Crippen LogP contribution in [0.3, 0.4) is 0 Å². The second-order valence-electron chi connectivity index (χ2n) is 4.77. The molecule has 0 radical (unpaired) electrons. The van der Waals surface area contributed by atoms with E-state index >= 15 is 0 Å². The van der Waals surface area contributed by atoms with Gasteiger partial charge in [0.15, 0.2) is 0 Å². The number of nitrogens with zero attached hydrogens (tertiary/aromatic N) is 3. The van der Waals surface area contributed by atoms with Crippen LogP contribution in [-0.4, -0.2) is 68.8 Å². The average molecular weight is 281 g/mol. The number of hydrogen-bond donors (Lipinski definition) is 4. The van der Waals surface area contributed by atoms with Crippen LogP contribution in [0.25, 0.3) is 0 Å². The van der Waals surface area contributed by atoms with E-state index in [2.05, 4.69) is 9.98 Å². The summed E-state index contributed by atoms with van der Waals surface area (Å²) in [5, 5.41) is 37.9. The SMILES string of the molecule is CC1=NC(C(O)C(O)C(O)CO)CN1c1ccccn1. The van der Waals surface area contributed by atoms with Crippen LogP contribution in [0.2, 0.25) is 0 Å². The number of aliphatic hydroxyl groups excluding tert-OH is 4. The summed E-state index contributed by atoms with van der Waals surface area (Å²) in [6.07, 6.45) is -2.41. The maximum atomic E-state index is 10.0. The van der Waals surface area contributed by atoms with Crippen LogP contribution in [0.15, 0.2) is 29.4 Å². The second-order valence-corrected chi connectivity index (χ2v) is 4.77. The molecule has 0 amide bonds. The molecule has 2 rings (SSSR count). The van der Waals surface area contributed by atoms with Gasteiger partial charge >= 0.3 is 0 Å². The van der Waals surface area contributed by atoms with Crippen LogP contribution in [0.4, 0.5) is 5.82 Å². The number of pyridine rings is 1. The Morgan fingerprint density at radius 1 is 1.35 bits per heavy atom. The molecular weight excluding hydrogens is 262 g/mol. The van der Waals surface area contributed by atoms with Gasteiger partial charge in [-0.3, -0.25) is 4.99 Å². The summed E-state index contributed by atoms with van der Waals surface area (Å²) in [6, 6.07) is 4.91. The second kappa shape index (κ2) is 6.27. The molecule has 1 aliphatic heterocycles. The van der Waals surface area contributed by atoms with Gasteiger partial charge in [0.2, 0.25) is 0 Å². The Labute approximate surface area is 116 Å². The Bertz CT molecular complexity index is 468. The molecule has 0 spiro atoms. The third-order valence-corrected chi connectivity index (χ3v) is 3.36. The number of amidine groups is 1. The normalized spacial score (nSPS) is 23.4. The summed E-state index contributed by atoms with van der Waals surface area (Å²) in [5.41, 5.74) is 0. The van der Waals surface area contributed by atoms with Gasteiger partial charge in [-0.15, -0.1) is 0 Å². The van der Waals surface area contributed by atoms with Gasteiger partial charge in [0.25, 0.3) is 0 Å². The lowest BCUT2D eigenvalue weighted by molar-refractivity contribution is -0.0814. The fourth-order valence-electron chi connectivity index (χ4n) is 2.19. The first kappa shape index (κ1) is 14.9. The van der Waals surface area contributed by atoms with Crippen molar-refractivity contribution < 1.29 is 20.4 Å². The van der Waals surface area contributed by atoms with E-state index in [9.17, 15) is 15.3 Å². The maximum Gasteiger partial charge on any atom is 0.133 e. The lowest BCUT2D eigenvalue weighted by atomic mass is 10.0. The van der Waals surface area contributed by atoms with Crippen molar-refractivity contribution in [2.75, 3.05) is 18.1 Å². The van der Waals surface area contributed by atoms with Gasteiger partial charge in [0.05, 0.1) is 19.2 Å². The maximum absolute atomic E-state index is 10.0. The number of rotatable bonds is 5. The monoisotopic (exact) mass is 281 g/mol. The van der Waals surface area contributed by atoms with Crippen LogP contribution < -0.4 is 4.90 Å². The summed E-state index contributed by atoms with van der Waals surface area (Å²) in [5.74, 6) is 1.39. The number of hydrogen-bond acceptors (Lipinski definition) is 7. The quantitative estimate of drug-likeness (QED) is 0.538. The molecule has 7 nitrogen and oxygen atoms in total. The van der Waals surface area contributed by atoms with E-state index in [1.807, 2.05) is 17.0 Å².